The molecule has 1 aliphatic heterocycles. The SMILES string of the molecule is O=C(O)CN1N=C(c2nc(-c3ccncc3)no2)CCC1=O. The van der Waals surface area contributed by atoms with Gasteiger partial charge in [-0.25, -0.2) is 5.01 Å². The monoisotopic (exact) mass is 301 g/mol. The third-order valence-electron chi connectivity index (χ3n) is 3.00. The zero-order valence-electron chi connectivity index (χ0n) is 11.3. The Hall–Kier alpha value is -3.10. The van der Waals surface area contributed by atoms with E-state index in [0.29, 0.717) is 18.0 Å². The number of hydrogen-bond donors (Lipinski definition) is 1. The van der Waals surface area contributed by atoms with Crippen LogP contribution in [-0.4, -0.2) is 49.4 Å². The summed E-state index contributed by atoms with van der Waals surface area (Å²) in [5.41, 5.74) is 1.13. The molecule has 0 bridgehead atoms. The quantitative estimate of drug-likeness (QED) is 0.874. The van der Waals surface area contributed by atoms with Crippen LogP contribution < -0.4 is 0 Å². The van der Waals surface area contributed by atoms with E-state index in [1.165, 1.54) is 0 Å². The number of rotatable bonds is 4. The van der Waals surface area contributed by atoms with Crippen LogP contribution in [0.2, 0.25) is 0 Å². The van der Waals surface area contributed by atoms with Crippen molar-refractivity contribution in [1.82, 2.24) is 20.1 Å². The molecule has 2 aromatic heterocycles. The number of aliphatic carboxylic acids is 1. The summed E-state index contributed by atoms with van der Waals surface area (Å²) in [6.07, 6.45) is 3.69. The molecule has 1 aliphatic rings. The molecule has 1 amide bonds. The standard InChI is InChI=1S/C13H11N5O4/c19-10-2-1-9(16-18(10)7-11(20)21)13-15-12(17-22-13)8-3-5-14-6-4-8/h3-6H,1-2,7H2,(H,20,21). The molecule has 0 aromatic carbocycles. The summed E-state index contributed by atoms with van der Waals surface area (Å²) < 4.78 is 5.15. The zero-order chi connectivity index (χ0) is 15.5. The van der Waals surface area contributed by atoms with E-state index in [2.05, 4.69) is 20.2 Å². The van der Waals surface area contributed by atoms with Crippen molar-refractivity contribution in [1.29, 1.82) is 0 Å². The first-order chi connectivity index (χ1) is 10.6. The van der Waals surface area contributed by atoms with E-state index >= 15 is 0 Å². The van der Waals surface area contributed by atoms with E-state index < -0.39 is 12.5 Å². The van der Waals surface area contributed by atoms with E-state index in [1.807, 2.05) is 0 Å². The summed E-state index contributed by atoms with van der Waals surface area (Å²) >= 11 is 0. The molecule has 3 heterocycles. The fourth-order valence-corrected chi connectivity index (χ4v) is 1.97. The van der Waals surface area contributed by atoms with E-state index in [4.69, 9.17) is 9.63 Å². The van der Waals surface area contributed by atoms with Crippen LogP contribution >= 0.6 is 0 Å². The van der Waals surface area contributed by atoms with Crippen molar-refractivity contribution >= 4 is 17.6 Å². The molecule has 1 N–H and O–H groups in total. The van der Waals surface area contributed by atoms with Crippen molar-refractivity contribution < 1.29 is 19.2 Å². The van der Waals surface area contributed by atoms with Crippen molar-refractivity contribution in [2.24, 2.45) is 5.10 Å². The number of carbonyl (C=O) groups is 2. The van der Waals surface area contributed by atoms with Crippen molar-refractivity contribution in [3.05, 3.63) is 30.4 Å². The second-order valence-corrected chi connectivity index (χ2v) is 4.55. The number of carboxylic acid groups (broad SMARTS) is 1. The first kappa shape index (κ1) is 13.9. The Balaban J connectivity index is 1.86. The van der Waals surface area contributed by atoms with Crippen LogP contribution in [0.3, 0.4) is 0 Å². The maximum atomic E-state index is 11.6. The number of carbonyl (C=O) groups excluding carboxylic acids is 1. The van der Waals surface area contributed by atoms with Crippen LogP contribution in [0, 0.1) is 0 Å². The van der Waals surface area contributed by atoms with Crippen molar-refractivity contribution in [3.63, 3.8) is 0 Å². The molecule has 0 saturated carbocycles. The molecule has 2 aromatic rings. The molecule has 0 spiro atoms. The highest BCUT2D eigenvalue weighted by molar-refractivity contribution is 6.01. The van der Waals surface area contributed by atoms with Gasteiger partial charge in [0.15, 0.2) is 0 Å². The van der Waals surface area contributed by atoms with Crippen LogP contribution in [-0.2, 0) is 9.59 Å². The number of pyridine rings is 1. The minimum Gasteiger partial charge on any atom is -0.480 e. The van der Waals surface area contributed by atoms with Gasteiger partial charge in [-0.15, -0.1) is 0 Å². The summed E-state index contributed by atoms with van der Waals surface area (Å²) in [6, 6.07) is 3.47. The summed E-state index contributed by atoms with van der Waals surface area (Å²) in [5.74, 6) is -0.933. The molecule has 9 heteroatoms. The lowest BCUT2D eigenvalue weighted by atomic mass is 10.1. The van der Waals surface area contributed by atoms with E-state index in [9.17, 15) is 9.59 Å². The van der Waals surface area contributed by atoms with E-state index in [-0.39, 0.29) is 18.2 Å². The van der Waals surface area contributed by atoms with Crippen molar-refractivity contribution in [3.8, 4) is 11.4 Å². The minimum absolute atomic E-state index is 0.152. The van der Waals surface area contributed by atoms with Gasteiger partial charge >= 0.3 is 5.97 Å². The fraction of sp³-hybridized carbons (Fsp3) is 0.231. The number of hydrazone groups is 1. The average molecular weight is 301 g/mol. The number of amides is 1. The molecule has 0 radical (unpaired) electrons. The van der Waals surface area contributed by atoms with Gasteiger partial charge in [0.05, 0.1) is 0 Å². The summed E-state index contributed by atoms with van der Waals surface area (Å²) in [7, 11) is 0. The van der Waals surface area contributed by atoms with Crippen molar-refractivity contribution in [2.45, 2.75) is 12.8 Å². The van der Waals surface area contributed by atoms with Gasteiger partial charge in [0.25, 0.3) is 5.89 Å². The van der Waals surface area contributed by atoms with Crippen LogP contribution in [0.15, 0.2) is 34.2 Å². The van der Waals surface area contributed by atoms with Gasteiger partial charge in [-0.05, 0) is 12.1 Å². The number of carboxylic acids is 1. The lowest BCUT2D eigenvalue weighted by Gasteiger charge is -2.20. The van der Waals surface area contributed by atoms with Gasteiger partial charge < -0.3 is 9.63 Å². The Morgan fingerprint density at radius 2 is 2.09 bits per heavy atom. The maximum Gasteiger partial charge on any atom is 0.325 e. The molecule has 3 rings (SSSR count). The minimum atomic E-state index is -1.14. The Morgan fingerprint density at radius 1 is 1.32 bits per heavy atom. The highest BCUT2D eigenvalue weighted by Crippen LogP contribution is 2.18. The first-order valence-electron chi connectivity index (χ1n) is 6.47. The third kappa shape index (κ3) is 2.82. The van der Waals surface area contributed by atoms with Gasteiger partial charge in [-0.2, -0.15) is 10.1 Å². The van der Waals surface area contributed by atoms with Gasteiger partial charge in [0.2, 0.25) is 11.7 Å². The molecule has 22 heavy (non-hydrogen) atoms. The number of nitrogens with zero attached hydrogens (tertiary/aromatic N) is 5. The third-order valence-corrected chi connectivity index (χ3v) is 3.00. The van der Waals surface area contributed by atoms with Crippen LogP contribution in [0.5, 0.6) is 0 Å². The van der Waals surface area contributed by atoms with Crippen LogP contribution in [0.1, 0.15) is 18.7 Å². The van der Waals surface area contributed by atoms with Gasteiger partial charge in [0, 0.05) is 30.8 Å². The lowest BCUT2D eigenvalue weighted by molar-refractivity contribution is -0.144. The maximum absolute atomic E-state index is 11.6. The van der Waals surface area contributed by atoms with Gasteiger partial charge in [0.1, 0.15) is 12.3 Å². The molecule has 0 unspecified atom stereocenters. The molecular weight excluding hydrogens is 290 g/mol. The molecule has 0 saturated heterocycles. The predicted octanol–water partition coefficient (Wildman–Crippen LogP) is 0.543. The smallest absolute Gasteiger partial charge is 0.325 e. The molecule has 0 atom stereocenters. The zero-order valence-corrected chi connectivity index (χ0v) is 11.3. The predicted molar refractivity (Wildman–Crippen MR) is 72.6 cm³/mol. The molecular formula is C13H11N5O4. The van der Waals surface area contributed by atoms with Gasteiger partial charge in [-0.3, -0.25) is 14.6 Å². The molecule has 112 valence electrons. The van der Waals surface area contributed by atoms with Crippen LogP contribution in [0.4, 0.5) is 0 Å². The topological polar surface area (TPSA) is 122 Å². The highest BCUT2D eigenvalue weighted by atomic mass is 16.5. The summed E-state index contributed by atoms with van der Waals surface area (Å²) in [6.45, 7) is -0.492. The lowest BCUT2D eigenvalue weighted by Crippen LogP contribution is -2.35. The first-order valence-corrected chi connectivity index (χ1v) is 6.47. The molecule has 0 aliphatic carbocycles. The average Bonchev–Trinajstić information content (AvgIpc) is 3.00. The normalized spacial score (nSPS) is 14.8. The number of hydrogen-bond acceptors (Lipinski definition) is 7. The Labute approximate surface area is 124 Å². The Kier molecular flexibility index (Phi) is 3.60. The van der Waals surface area contributed by atoms with Crippen LogP contribution in [0.25, 0.3) is 11.4 Å². The largest absolute Gasteiger partial charge is 0.480 e. The molecule has 9 nitrogen and oxygen atoms in total. The summed E-state index contributed by atoms with van der Waals surface area (Å²) in [5, 5.41) is 17.5. The van der Waals surface area contributed by atoms with Gasteiger partial charge in [-0.1, -0.05) is 5.16 Å². The Morgan fingerprint density at radius 3 is 2.82 bits per heavy atom. The fourth-order valence-electron chi connectivity index (χ4n) is 1.97. The van der Waals surface area contributed by atoms with Crippen molar-refractivity contribution in [2.75, 3.05) is 6.54 Å². The number of aromatic nitrogens is 3. The second-order valence-electron chi connectivity index (χ2n) is 4.55. The molecule has 0 fully saturated rings. The highest BCUT2D eigenvalue weighted by Gasteiger charge is 2.26. The van der Waals surface area contributed by atoms with E-state index in [0.717, 1.165) is 10.6 Å². The van der Waals surface area contributed by atoms with E-state index in [1.54, 1.807) is 24.5 Å². The second kappa shape index (κ2) is 5.72. The summed E-state index contributed by atoms with van der Waals surface area (Å²) in [4.78, 5) is 30.5. The Bertz CT molecular complexity index is 740.